The SMILES string of the molecule is OC(c1ccc(C2Nc3ncccc3C2Sc2ccc(Cl)cc2)cc1)C(F)(F)F. The molecule has 0 radical (unpaired) electrons. The number of benzene rings is 2. The van der Waals surface area contributed by atoms with Crippen LogP contribution < -0.4 is 5.32 Å². The van der Waals surface area contributed by atoms with Gasteiger partial charge in [-0.25, -0.2) is 4.98 Å². The molecule has 1 aromatic heterocycles. The molecule has 29 heavy (non-hydrogen) atoms. The van der Waals surface area contributed by atoms with Gasteiger partial charge in [0.25, 0.3) is 0 Å². The van der Waals surface area contributed by atoms with Crippen LogP contribution in [0.3, 0.4) is 0 Å². The van der Waals surface area contributed by atoms with Crippen molar-refractivity contribution in [1.29, 1.82) is 0 Å². The number of fused-ring (bicyclic) bond motifs is 1. The average Bonchev–Trinajstić information content (AvgIpc) is 3.07. The Balaban J connectivity index is 1.64. The lowest BCUT2D eigenvalue weighted by molar-refractivity contribution is -0.206. The molecule has 3 nitrogen and oxygen atoms in total. The lowest BCUT2D eigenvalue weighted by Crippen LogP contribution is -2.20. The monoisotopic (exact) mass is 436 g/mol. The number of nitrogens with one attached hydrogen (secondary N) is 1. The number of hydrogen-bond donors (Lipinski definition) is 2. The van der Waals surface area contributed by atoms with E-state index in [4.69, 9.17) is 11.6 Å². The summed E-state index contributed by atoms with van der Waals surface area (Å²) in [5, 5.41) is 13.4. The average molecular weight is 437 g/mol. The molecular weight excluding hydrogens is 421 g/mol. The van der Waals surface area contributed by atoms with E-state index in [9.17, 15) is 18.3 Å². The lowest BCUT2D eigenvalue weighted by atomic mass is 9.99. The molecule has 0 saturated carbocycles. The highest BCUT2D eigenvalue weighted by Gasteiger charge is 2.40. The molecular formula is C21H16ClF3N2OS. The van der Waals surface area contributed by atoms with Crippen molar-refractivity contribution in [3.63, 3.8) is 0 Å². The number of halogens is 4. The molecule has 0 bridgehead atoms. The van der Waals surface area contributed by atoms with Crippen molar-refractivity contribution in [2.24, 2.45) is 0 Å². The highest BCUT2D eigenvalue weighted by molar-refractivity contribution is 7.99. The molecule has 0 amide bonds. The minimum absolute atomic E-state index is 0.0294. The van der Waals surface area contributed by atoms with Gasteiger partial charge in [-0.15, -0.1) is 11.8 Å². The summed E-state index contributed by atoms with van der Waals surface area (Å²) in [6, 6.07) is 17.0. The number of aliphatic hydroxyl groups is 1. The third-order valence-electron chi connectivity index (χ3n) is 4.74. The summed E-state index contributed by atoms with van der Waals surface area (Å²) >= 11 is 7.60. The smallest absolute Gasteiger partial charge is 0.379 e. The van der Waals surface area contributed by atoms with E-state index in [1.807, 2.05) is 36.4 Å². The second-order valence-electron chi connectivity index (χ2n) is 6.67. The van der Waals surface area contributed by atoms with Gasteiger partial charge in [-0.2, -0.15) is 13.2 Å². The number of aliphatic hydroxyl groups excluding tert-OH is 1. The molecule has 4 rings (SSSR count). The van der Waals surface area contributed by atoms with Gasteiger partial charge in [-0.3, -0.25) is 0 Å². The second kappa shape index (κ2) is 7.89. The first kappa shape index (κ1) is 20.1. The molecule has 2 N–H and O–H groups in total. The fourth-order valence-corrected chi connectivity index (χ4v) is 4.69. The van der Waals surface area contributed by atoms with Crippen LogP contribution >= 0.6 is 23.4 Å². The van der Waals surface area contributed by atoms with Gasteiger partial charge in [0, 0.05) is 21.7 Å². The zero-order valence-corrected chi connectivity index (χ0v) is 16.5. The van der Waals surface area contributed by atoms with Gasteiger partial charge in [0.2, 0.25) is 0 Å². The maximum absolute atomic E-state index is 12.8. The standard InChI is InChI=1S/C21H16ClF3N2OS/c22-14-7-9-15(10-8-14)29-18-16-2-1-11-26-20(16)27-17(18)12-3-5-13(6-4-12)19(28)21(23,24)25/h1-11,17-19,28H,(H,26,27). The Hall–Kier alpha value is -2.22. The molecule has 1 aliphatic rings. The largest absolute Gasteiger partial charge is 0.418 e. The number of anilines is 1. The molecule has 3 aromatic rings. The van der Waals surface area contributed by atoms with Crippen LogP contribution in [0.2, 0.25) is 5.02 Å². The van der Waals surface area contributed by atoms with Crippen LogP contribution in [0.15, 0.2) is 71.8 Å². The summed E-state index contributed by atoms with van der Waals surface area (Å²) in [5.41, 5.74) is 1.65. The van der Waals surface area contributed by atoms with Gasteiger partial charge in [-0.1, -0.05) is 41.9 Å². The molecule has 150 valence electrons. The van der Waals surface area contributed by atoms with E-state index >= 15 is 0 Å². The quantitative estimate of drug-likeness (QED) is 0.501. The van der Waals surface area contributed by atoms with Crippen LogP contribution in [0.4, 0.5) is 19.0 Å². The number of thioether (sulfide) groups is 1. The van der Waals surface area contributed by atoms with Gasteiger partial charge in [0.1, 0.15) is 5.82 Å². The maximum atomic E-state index is 12.8. The van der Waals surface area contributed by atoms with E-state index in [0.717, 1.165) is 21.8 Å². The molecule has 2 aromatic carbocycles. The number of alkyl halides is 3. The summed E-state index contributed by atoms with van der Waals surface area (Å²) in [5.74, 6) is 0.753. The molecule has 8 heteroatoms. The van der Waals surface area contributed by atoms with Gasteiger partial charge in [0.15, 0.2) is 6.10 Å². The predicted molar refractivity (Wildman–Crippen MR) is 108 cm³/mol. The number of aromatic nitrogens is 1. The van der Waals surface area contributed by atoms with Crippen LogP contribution in [0.1, 0.15) is 34.1 Å². The molecule has 1 aliphatic heterocycles. The van der Waals surface area contributed by atoms with E-state index in [2.05, 4.69) is 10.3 Å². The van der Waals surface area contributed by atoms with Crippen molar-refractivity contribution >= 4 is 29.2 Å². The van der Waals surface area contributed by atoms with E-state index in [-0.39, 0.29) is 16.9 Å². The molecule has 3 atom stereocenters. The Labute approximate surface area is 174 Å². The third-order valence-corrected chi connectivity index (χ3v) is 6.31. The fraction of sp³-hybridized carbons (Fsp3) is 0.190. The van der Waals surface area contributed by atoms with Crippen molar-refractivity contribution in [2.45, 2.75) is 28.5 Å². The van der Waals surface area contributed by atoms with Crippen molar-refractivity contribution in [2.75, 3.05) is 5.32 Å². The minimum atomic E-state index is -4.69. The fourth-order valence-electron chi connectivity index (χ4n) is 3.29. The molecule has 2 heterocycles. The first-order valence-corrected chi connectivity index (χ1v) is 10.1. The minimum Gasteiger partial charge on any atom is -0.379 e. The van der Waals surface area contributed by atoms with Crippen LogP contribution in [0, 0.1) is 0 Å². The van der Waals surface area contributed by atoms with Crippen molar-refractivity contribution in [3.05, 3.63) is 88.6 Å². The number of pyridine rings is 1. The second-order valence-corrected chi connectivity index (χ2v) is 8.32. The van der Waals surface area contributed by atoms with E-state index in [0.29, 0.717) is 5.02 Å². The van der Waals surface area contributed by atoms with Crippen LogP contribution in [0.5, 0.6) is 0 Å². The van der Waals surface area contributed by atoms with E-state index in [1.165, 1.54) is 12.1 Å². The van der Waals surface area contributed by atoms with Crippen molar-refractivity contribution < 1.29 is 18.3 Å². The van der Waals surface area contributed by atoms with Gasteiger partial charge in [0.05, 0.1) is 11.3 Å². The van der Waals surface area contributed by atoms with Crippen LogP contribution in [0.25, 0.3) is 0 Å². The lowest BCUT2D eigenvalue weighted by Gasteiger charge is -2.21. The first-order valence-electron chi connectivity index (χ1n) is 8.81. The summed E-state index contributed by atoms with van der Waals surface area (Å²) in [6.07, 6.45) is -5.49. The zero-order valence-electron chi connectivity index (χ0n) is 14.9. The number of rotatable bonds is 4. The predicted octanol–water partition coefficient (Wildman–Crippen LogP) is 6.33. The maximum Gasteiger partial charge on any atom is 0.418 e. The van der Waals surface area contributed by atoms with Gasteiger partial charge >= 0.3 is 6.18 Å². The zero-order chi connectivity index (χ0) is 20.6. The van der Waals surface area contributed by atoms with Gasteiger partial charge < -0.3 is 10.4 Å². The Bertz CT molecular complexity index is 996. The summed E-state index contributed by atoms with van der Waals surface area (Å²) < 4.78 is 38.3. The van der Waals surface area contributed by atoms with Crippen LogP contribution in [-0.2, 0) is 0 Å². The van der Waals surface area contributed by atoms with Crippen molar-refractivity contribution in [1.82, 2.24) is 4.98 Å². The van der Waals surface area contributed by atoms with E-state index < -0.39 is 12.3 Å². The highest BCUT2D eigenvalue weighted by atomic mass is 35.5. The Morgan fingerprint density at radius 3 is 2.38 bits per heavy atom. The highest BCUT2D eigenvalue weighted by Crippen LogP contribution is 2.51. The summed E-state index contributed by atoms with van der Waals surface area (Å²) in [6.45, 7) is 0. The Morgan fingerprint density at radius 1 is 1.03 bits per heavy atom. The molecule has 0 fully saturated rings. The molecule has 0 spiro atoms. The normalized spacial score (nSPS) is 19.5. The Kier molecular flexibility index (Phi) is 5.46. The summed E-state index contributed by atoms with van der Waals surface area (Å²) in [7, 11) is 0. The van der Waals surface area contributed by atoms with Crippen LogP contribution in [-0.4, -0.2) is 16.3 Å². The number of nitrogens with zero attached hydrogens (tertiary/aromatic N) is 1. The summed E-state index contributed by atoms with van der Waals surface area (Å²) in [4.78, 5) is 5.41. The van der Waals surface area contributed by atoms with E-state index in [1.54, 1.807) is 30.1 Å². The topological polar surface area (TPSA) is 45.1 Å². The Morgan fingerprint density at radius 2 is 1.72 bits per heavy atom. The third kappa shape index (κ3) is 4.22. The first-order chi connectivity index (χ1) is 13.8. The van der Waals surface area contributed by atoms with Gasteiger partial charge in [-0.05, 0) is 41.5 Å². The number of hydrogen-bond acceptors (Lipinski definition) is 4. The molecule has 3 unspecified atom stereocenters. The van der Waals surface area contributed by atoms with Crippen molar-refractivity contribution in [3.8, 4) is 0 Å². The molecule has 0 aliphatic carbocycles. The molecule has 0 saturated heterocycles.